The van der Waals surface area contributed by atoms with Gasteiger partial charge in [-0.3, -0.25) is 0 Å². The Morgan fingerprint density at radius 1 is 1.22 bits per heavy atom. The van der Waals surface area contributed by atoms with E-state index in [0.717, 1.165) is 34.4 Å². The van der Waals surface area contributed by atoms with Crippen LogP contribution in [0, 0.1) is 36.5 Å². The van der Waals surface area contributed by atoms with Gasteiger partial charge in [-0.05, 0) is 49.5 Å². The molecular formula is C15H14N2O. The molecule has 1 aliphatic rings. The fourth-order valence-corrected chi connectivity index (χ4v) is 2.35. The maximum Gasteiger partial charge on any atom is 0.133 e. The minimum atomic E-state index is 0.201. The first kappa shape index (κ1) is 12.2. The molecule has 0 amide bonds. The van der Waals surface area contributed by atoms with E-state index in [-0.39, 0.29) is 5.57 Å². The van der Waals surface area contributed by atoms with Crippen LogP contribution in [0.4, 0.5) is 0 Å². The minimum absolute atomic E-state index is 0.201. The van der Waals surface area contributed by atoms with E-state index in [1.54, 1.807) is 0 Å². The zero-order chi connectivity index (χ0) is 13.1. The van der Waals surface area contributed by atoms with E-state index in [0.29, 0.717) is 13.0 Å². The maximum atomic E-state index is 9.06. The predicted molar refractivity (Wildman–Crippen MR) is 68.8 cm³/mol. The number of nitriles is 2. The number of nitrogens with zero attached hydrogens (tertiary/aromatic N) is 2. The van der Waals surface area contributed by atoms with Crippen LogP contribution in [0.2, 0.25) is 0 Å². The zero-order valence-electron chi connectivity index (χ0n) is 10.6. The van der Waals surface area contributed by atoms with Gasteiger partial charge in [-0.1, -0.05) is 6.07 Å². The Morgan fingerprint density at radius 2 is 1.94 bits per heavy atom. The first-order chi connectivity index (χ1) is 8.67. The highest BCUT2D eigenvalue weighted by Crippen LogP contribution is 2.37. The summed E-state index contributed by atoms with van der Waals surface area (Å²) in [5.41, 5.74) is 4.10. The Labute approximate surface area is 107 Å². The molecule has 0 unspecified atom stereocenters. The van der Waals surface area contributed by atoms with Crippen molar-refractivity contribution in [2.75, 3.05) is 6.61 Å². The van der Waals surface area contributed by atoms with Crippen molar-refractivity contribution in [1.82, 2.24) is 0 Å². The molecule has 0 N–H and O–H groups in total. The second-order valence-corrected chi connectivity index (χ2v) is 4.49. The Balaban J connectivity index is 2.74. The smallest absolute Gasteiger partial charge is 0.133 e. The highest BCUT2D eigenvalue weighted by molar-refractivity contribution is 5.80. The Bertz CT molecular complexity index is 584. The largest absolute Gasteiger partial charge is 0.493 e. The lowest BCUT2D eigenvalue weighted by atomic mass is 9.93. The Kier molecular flexibility index (Phi) is 3.35. The molecule has 0 aliphatic carbocycles. The third-order valence-corrected chi connectivity index (χ3v) is 3.09. The van der Waals surface area contributed by atoms with E-state index in [2.05, 4.69) is 6.07 Å². The number of allylic oxidation sites excluding steroid dienone is 2. The monoisotopic (exact) mass is 238 g/mol. The van der Waals surface area contributed by atoms with Crippen LogP contribution < -0.4 is 4.74 Å². The third-order valence-electron chi connectivity index (χ3n) is 3.09. The summed E-state index contributed by atoms with van der Waals surface area (Å²) in [4.78, 5) is 0. The maximum absolute atomic E-state index is 9.06. The molecule has 3 nitrogen and oxygen atoms in total. The van der Waals surface area contributed by atoms with Crippen LogP contribution >= 0.6 is 0 Å². The lowest BCUT2D eigenvalue weighted by Crippen LogP contribution is -1.97. The van der Waals surface area contributed by atoms with E-state index < -0.39 is 0 Å². The quantitative estimate of drug-likeness (QED) is 0.652. The van der Waals surface area contributed by atoms with Crippen molar-refractivity contribution in [2.45, 2.75) is 26.7 Å². The van der Waals surface area contributed by atoms with Crippen LogP contribution in [0.1, 0.15) is 29.5 Å². The van der Waals surface area contributed by atoms with Crippen molar-refractivity contribution < 1.29 is 4.74 Å². The third kappa shape index (κ3) is 2.08. The summed E-state index contributed by atoms with van der Waals surface area (Å²) in [7, 11) is 0. The van der Waals surface area contributed by atoms with Gasteiger partial charge in [-0.2, -0.15) is 10.5 Å². The molecule has 3 heteroatoms. The number of benzene rings is 1. The van der Waals surface area contributed by atoms with Gasteiger partial charge in [-0.15, -0.1) is 0 Å². The lowest BCUT2D eigenvalue weighted by molar-refractivity contribution is 0.315. The molecule has 1 aromatic carbocycles. The molecule has 0 fully saturated rings. The Morgan fingerprint density at radius 3 is 2.61 bits per heavy atom. The fourth-order valence-electron chi connectivity index (χ4n) is 2.35. The lowest BCUT2D eigenvalue weighted by Gasteiger charge is -2.13. The van der Waals surface area contributed by atoms with Gasteiger partial charge in [0.25, 0.3) is 0 Å². The van der Waals surface area contributed by atoms with Crippen LogP contribution in [0.3, 0.4) is 0 Å². The van der Waals surface area contributed by atoms with Gasteiger partial charge in [0.1, 0.15) is 23.5 Å². The van der Waals surface area contributed by atoms with E-state index in [4.69, 9.17) is 15.3 Å². The van der Waals surface area contributed by atoms with Crippen molar-refractivity contribution in [3.8, 4) is 17.9 Å². The number of fused-ring (bicyclic) bond motifs is 1. The normalized spacial score (nSPS) is 13.7. The first-order valence-electron chi connectivity index (χ1n) is 5.95. The average molecular weight is 238 g/mol. The van der Waals surface area contributed by atoms with Crippen molar-refractivity contribution in [1.29, 1.82) is 10.5 Å². The number of hydrogen-bond acceptors (Lipinski definition) is 3. The summed E-state index contributed by atoms with van der Waals surface area (Å²) >= 11 is 0. The summed E-state index contributed by atoms with van der Waals surface area (Å²) in [6.07, 6.45) is 1.54. The highest BCUT2D eigenvalue weighted by Gasteiger charge is 2.19. The van der Waals surface area contributed by atoms with Crippen LogP contribution in [0.15, 0.2) is 17.7 Å². The predicted octanol–water partition coefficient (Wildman–Crippen LogP) is 3.28. The van der Waals surface area contributed by atoms with Crippen LogP contribution in [-0.2, 0) is 0 Å². The molecule has 0 saturated carbocycles. The average Bonchev–Trinajstić information content (AvgIpc) is 2.54. The summed E-state index contributed by atoms with van der Waals surface area (Å²) in [5.74, 6) is 0.816. The highest BCUT2D eigenvalue weighted by atomic mass is 16.5. The second kappa shape index (κ2) is 4.94. The standard InChI is InChI=1S/C15H14N2O/c1-10-6-11(2)15-14(7-10)13(4-3-5-18-15)12(8-16)9-17/h6-7H,3-5H2,1-2H3. The van der Waals surface area contributed by atoms with E-state index in [9.17, 15) is 0 Å². The minimum Gasteiger partial charge on any atom is -0.493 e. The molecule has 1 aliphatic heterocycles. The van der Waals surface area contributed by atoms with Crippen LogP contribution in [-0.4, -0.2) is 6.61 Å². The topological polar surface area (TPSA) is 56.8 Å². The van der Waals surface area contributed by atoms with Gasteiger partial charge in [0.2, 0.25) is 0 Å². The van der Waals surface area contributed by atoms with Gasteiger partial charge in [0.05, 0.1) is 6.61 Å². The Hall–Kier alpha value is -2.26. The molecular weight excluding hydrogens is 224 g/mol. The molecule has 0 spiro atoms. The van der Waals surface area contributed by atoms with E-state index >= 15 is 0 Å². The molecule has 0 bridgehead atoms. The second-order valence-electron chi connectivity index (χ2n) is 4.49. The summed E-state index contributed by atoms with van der Waals surface area (Å²) in [6, 6.07) is 8.04. The van der Waals surface area contributed by atoms with Gasteiger partial charge in [0, 0.05) is 5.56 Å². The zero-order valence-corrected chi connectivity index (χ0v) is 10.6. The molecule has 0 saturated heterocycles. The van der Waals surface area contributed by atoms with Gasteiger partial charge in [0.15, 0.2) is 0 Å². The summed E-state index contributed by atoms with van der Waals surface area (Å²) in [5, 5.41) is 18.1. The van der Waals surface area contributed by atoms with Crippen molar-refractivity contribution >= 4 is 5.57 Å². The number of aryl methyl sites for hydroxylation is 2. The molecule has 0 aromatic heterocycles. The molecule has 0 radical (unpaired) electrons. The van der Waals surface area contributed by atoms with Crippen molar-refractivity contribution in [3.05, 3.63) is 34.4 Å². The van der Waals surface area contributed by atoms with E-state index in [1.807, 2.05) is 32.1 Å². The van der Waals surface area contributed by atoms with Gasteiger partial charge in [-0.25, -0.2) is 0 Å². The van der Waals surface area contributed by atoms with Gasteiger partial charge >= 0.3 is 0 Å². The molecule has 18 heavy (non-hydrogen) atoms. The molecule has 90 valence electrons. The van der Waals surface area contributed by atoms with Crippen molar-refractivity contribution in [2.24, 2.45) is 0 Å². The van der Waals surface area contributed by atoms with Crippen LogP contribution in [0.25, 0.3) is 5.57 Å². The van der Waals surface area contributed by atoms with Crippen LogP contribution in [0.5, 0.6) is 5.75 Å². The first-order valence-corrected chi connectivity index (χ1v) is 5.95. The fraction of sp³-hybridized carbons (Fsp3) is 0.333. The molecule has 1 aromatic rings. The van der Waals surface area contributed by atoms with E-state index in [1.165, 1.54) is 0 Å². The molecule has 1 heterocycles. The van der Waals surface area contributed by atoms with Gasteiger partial charge < -0.3 is 4.74 Å². The SMILES string of the molecule is Cc1cc(C)c2c(c1)C(=C(C#N)C#N)CCCO2. The van der Waals surface area contributed by atoms with Crippen molar-refractivity contribution in [3.63, 3.8) is 0 Å². The number of rotatable bonds is 0. The molecule has 2 rings (SSSR count). The number of hydrogen-bond donors (Lipinski definition) is 0. The molecule has 0 atom stereocenters. The summed E-state index contributed by atoms with van der Waals surface area (Å²) in [6.45, 7) is 4.63. The summed E-state index contributed by atoms with van der Waals surface area (Å²) < 4.78 is 5.75. The number of ether oxygens (including phenoxy) is 1.